The van der Waals surface area contributed by atoms with Gasteiger partial charge < -0.3 is 14.2 Å². The molecule has 328 valence electrons. The van der Waals surface area contributed by atoms with E-state index in [-0.39, 0.29) is 25.2 Å². The highest BCUT2D eigenvalue weighted by Crippen LogP contribution is 2.40. The summed E-state index contributed by atoms with van der Waals surface area (Å²) in [4.78, 5) is 26.3. The van der Waals surface area contributed by atoms with Crippen molar-refractivity contribution in [1.29, 1.82) is 0 Å². The van der Waals surface area contributed by atoms with E-state index in [1.165, 1.54) is 128 Å². The van der Waals surface area contributed by atoms with Gasteiger partial charge in [-0.1, -0.05) is 259 Å². The summed E-state index contributed by atoms with van der Waals surface area (Å²) >= 11 is 0. The molecule has 5 nitrogen and oxygen atoms in total. The van der Waals surface area contributed by atoms with Gasteiger partial charge in [0.05, 0.1) is 6.61 Å². The van der Waals surface area contributed by atoms with Crippen molar-refractivity contribution in [2.45, 2.75) is 205 Å². The van der Waals surface area contributed by atoms with Gasteiger partial charge in [-0.25, -0.2) is 0 Å². The van der Waals surface area contributed by atoms with E-state index in [0.717, 1.165) is 55.2 Å². The van der Waals surface area contributed by atoms with Crippen LogP contribution in [0.1, 0.15) is 210 Å². The van der Waals surface area contributed by atoms with Gasteiger partial charge in [0.15, 0.2) is 6.10 Å². The summed E-state index contributed by atoms with van der Waals surface area (Å²) in [5.41, 5.74) is 1.93. The number of esters is 2. The van der Waals surface area contributed by atoms with Gasteiger partial charge in [-0.15, -0.1) is 0 Å². The van der Waals surface area contributed by atoms with Gasteiger partial charge in [0.25, 0.3) is 0 Å². The van der Waals surface area contributed by atoms with Crippen molar-refractivity contribution in [3.63, 3.8) is 0 Å². The normalized spacial score (nSPS) is 12.0. The fourth-order valence-corrected chi connectivity index (χ4v) is 8.18. The van der Waals surface area contributed by atoms with Crippen LogP contribution >= 0.6 is 0 Å². The van der Waals surface area contributed by atoms with E-state index in [4.69, 9.17) is 14.2 Å². The molecule has 0 aliphatic rings. The van der Waals surface area contributed by atoms with Gasteiger partial charge >= 0.3 is 11.9 Å². The molecule has 0 aromatic heterocycles. The summed E-state index contributed by atoms with van der Waals surface area (Å²) in [5.74, 6) is -0.509. The summed E-state index contributed by atoms with van der Waals surface area (Å²) in [6.45, 7) is 4.57. The average molecular weight is 811 g/mol. The van der Waals surface area contributed by atoms with E-state index in [1.54, 1.807) is 0 Å². The summed E-state index contributed by atoms with van der Waals surface area (Å²) < 4.78 is 18.9. The molecule has 0 aliphatic carbocycles. The first-order valence-electron chi connectivity index (χ1n) is 24.3. The van der Waals surface area contributed by atoms with Gasteiger partial charge in [0, 0.05) is 12.8 Å². The lowest BCUT2D eigenvalue weighted by Gasteiger charge is -2.37. The smallest absolute Gasteiger partial charge is 0.306 e. The molecule has 0 unspecified atom stereocenters. The monoisotopic (exact) mass is 811 g/mol. The zero-order chi connectivity index (χ0) is 41.9. The van der Waals surface area contributed by atoms with Crippen LogP contribution in [0.3, 0.4) is 0 Å². The second kappa shape index (κ2) is 33.3. The predicted octanol–water partition coefficient (Wildman–Crippen LogP) is 15.4. The highest BCUT2D eigenvalue weighted by atomic mass is 16.6. The molecule has 0 fully saturated rings. The zero-order valence-electron chi connectivity index (χ0n) is 37.5. The van der Waals surface area contributed by atoms with Crippen LogP contribution in [0.15, 0.2) is 91.0 Å². The van der Waals surface area contributed by atoms with Crippen molar-refractivity contribution in [1.82, 2.24) is 0 Å². The van der Waals surface area contributed by atoms with Gasteiger partial charge in [0.2, 0.25) is 0 Å². The Bertz CT molecular complexity index is 1330. The Balaban J connectivity index is 1.52. The summed E-state index contributed by atoms with van der Waals surface area (Å²) in [7, 11) is 0. The Hall–Kier alpha value is -3.44. The van der Waals surface area contributed by atoms with E-state index >= 15 is 0 Å². The Labute approximate surface area is 360 Å². The van der Waals surface area contributed by atoms with E-state index in [9.17, 15) is 9.59 Å². The molecule has 0 saturated heterocycles. The Morgan fingerprint density at radius 2 is 0.712 bits per heavy atom. The number of hydrogen-bond donors (Lipinski definition) is 0. The van der Waals surface area contributed by atoms with Crippen LogP contribution in [0.5, 0.6) is 0 Å². The number of hydrogen-bond acceptors (Lipinski definition) is 5. The van der Waals surface area contributed by atoms with Crippen molar-refractivity contribution in [2.75, 3.05) is 13.2 Å². The average Bonchev–Trinajstić information content (AvgIpc) is 3.27. The second-order valence-electron chi connectivity index (χ2n) is 16.9. The minimum atomic E-state index is -0.970. The van der Waals surface area contributed by atoms with Crippen molar-refractivity contribution in [3.8, 4) is 0 Å². The minimum absolute atomic E-state index is 0.0317. The molecular formula is C54H82O5. The van der Waals surface area contributed by atoms with E-state index < -0.39 is 11.7 Å². The number of ether oxygens (including phenoxy) is 3. The first-order chi connectivity index (χ1) is 29.1. The molecular weight excluding hydrogens is 729 g/mol. The first-order valence-corrected chi connectivity index (χ1v) is 24.3. The zero-order valence-corrected chi connectivity index (χ0v) is 37.5. The highest BCUT2D eigenvalue weighted by molar-refractivity contribution is 5.70. The fraction of sp³-hybridized carbons (Fsp3) is 0.630. The van der Waals surface area contributed by atoms with E-state index in [2.05, 4.69) is 50.2 Å². The molecule has 3 rings (SSSR count). The molecule has 0 amide bonds. The maximum atomic E-state index is 13.3. The van der Waals surface area contributed by atoms with Crippen LogP contribution in [0.2, 0.25) is 0 Å². The van der Waals surface area contributed by atoms with Crippen LogP contribution in [0.4, 0.5) is 0 Å². The molecule has 0 heterocycles. The van der Waals surface area contributed by atoms with Gasteiger partial charge in [0.1, 0.15) is 12.2 Å². The first kappa shape index (κ1) is 49.9. The molecule has 0 aliphatic heterocycles. The summed E-state index contributed by atoms with van der Waals surface area (Å²) in [5, 5.41) is 0. The SMILES string of the molecule is CCCCCCCCCCCCCCCC(=O)OC[C@@H](COC(c1ccccc1)(c1ccccc1)c1ccccc1)OC(=O)CCCCCCCCCCCCCCC. The van der Waals surface area contributed by atoms with Crippen LogP contribution in [0, 0.1) is 0 Å². The third-order valence-electron chi connectivity index (χ3n) is 11.7. The number of carbonyl (C=O) groups is 2. The third kappa shape index (κ3) is 21.6. The molecule has 0 radical (unpaired) electrons. The maximum Gasteiger partial charge on any atom is 0.306 e. The Morgan fingerprint density at radius 1 is 0.407 bits per heavy atom. The highest BCUT2D eigenvalue weighted by Gasteiger charge is 2.38. The molecule has 3 aromatic rings. The molecule has 0 saturated carbocycles. The van der Waals surface area contributed by atoms with Crippen LogP contribution in [-0.2, 0) is 29.4 Å². The standard InChI is InChI=1S/C54H82O5/c1-3-5-7-9-11-13-15-17-19-21-23-25-36-44-52(55)57-46-51(59-53(56)45-37-26-24-22-20-18-16-14-12-10-8-6-4-2)47-58-54(48-38-30-27-31-39-48,49-40-32-28-33-41-49)50-42-34-29-35-43-50/h27-35,38-43,51H,3-26,36-37,44-47H2,1-2H3/t51-/m0/s1. The largest absolute Gasteiger partial charge is 0.462 e. The molecule has 5 heteroatoms. The van der Waals surface area contributed by atoms with Crippen molar-refractivity contribution in [2.24, 2.45) is 0 Å². The summed E-state index contributed by atoms with van der Waals surface area (Å²) in [6, 6.07) is 30.6. The van der Waals surface area contributed by atoms with E-state index in [0.29, 0.717) is 12.8 Å². The van der Waals surface area contributed by atoms with Crippen molar-refractivity contribution < 1.29 is 23.8 Å². The number of benzene rings is 3. The molecule has 3 aromatic carbocycles. The quantitative estimate of drug-likeness (QED) is 0.0330. The van der Waals surface area contributed by atoms with Gasteiger partial charge in [-0.3, -0.25) is 9.59 Å². The van der Waals surface area contributed by atoms with Crippen molar-refractivity contribution >= 4 is 11.9 Å². The lowest BCUT2D eigenvalue weighted by atomic mass is 9.80. The predicted molar refractivity (Wildman–Crippen MR) is 247 cm³/mol. The maximum absolute atomic E-state index is 13.3. The Kier molecular flexibility index (Phi) is 28.2. The second-order valence-corrected chi connectivity index (χ2v) is 16.9. The lowest BCUT2D eigenvalue weighted by Crippen LogP contribution is -2.38. The molecule has 0 spiro atoms. The molecule has 1 atom stereocenters. The third-order valence-corrected chi connectivity index (χ3v) is 11.7. The van der Waals surface area contributed by atoms with Gasteiger partial charge in [-0.2, -0.15) is 0 Å². The van der Waals surface area contributed by atoms with Crippen LogP contribution < -0.4 is 0 Å². The van der Waals surface area contributed by atoms with Crippen LogP contribution in [-0.4, -0.2) is 31.3 Å². The Morgan fingerprint density at radius 3 is 1.05 bits per heavy atom. The minimum Gasteiger partial charge on any atom is -0.462 e. The molecule has 0 bridgehead atoms. The lowest BCUT2D eigenvalue weighted by molar-refractivity contribution is -0.165. The van der Waals surface area contributed by atoms with Crippen molar-refractivity contribution in [3.05, 3.63) is 108 Å². The fourth-order valence-electron chi connectivity index (χ4n) is 8.18. The number of rotatable bonds is 37. The number of carbonyl (C=O) groups excluding carboxylic acids is 2. The number of unbranched alkanes of at least 4 members (excludes halogenated alkanes) is 24. The topological polar surface area (TPSA) is 61.8 Å². The van der Waals surface area contributed by atoms with E-state index in [1.807, 2.05) is 54.6 Å². The summed E-state index contributed by atoms with van der Waals surface area (Å²) in [6.07, 6.45) is 32.6. The van der Waals surface area contributed by atoms with Crippen LogP contribution in [0.25, 0.3) is 0 Å². The molecule has 59 heavy (non-hydrogen) atoms. The van der Waals surface area contributed by atoms with Gasteiger partial charge in [-0.05, 0) is 29.5 Å². The molecule has 0 N–H and O–H groups in total.